The van der Waals surface area contributed by atoms with Crippen LogP contribution in [0.2, 0.25) is 0 Å². The lowest BCUT2D eigenvalue weighted by Crippen LogP contribution is -2.31. The minimum Gasteiger partial charge on any atom is -0.398 e. The molecule has 0 heterocycles. The molecule has 21 heavy (non-hydrogen) atoms. The van der Waals surface area contributed by atoms with E-state index >= 15 is 0 Å². The molecule has 4 N–H and O–H groups in total. The second-order valence-corrected chi connectivity index (χ2v) is 6.42. The Bertz CT molecular complexity index is 715. The maximum absolute atomic E-state index is 12.5. The quantitative estimate of drug-likeness (QED) is 0.731. The number of rotatable bonds is 5. The molecule has 112 valence electrons. The van der Waals surface area contributed by atoms with Crippen LogP contribution in [0.3, 0.4) is 0 Å². The summed E-state index contributed by atoms with van der Waals surface area (Å²) in [5.74, 6) is 0. The van der Waals surface area contributed by atoms with E-state index in [1.54, 1.807) is 43.3 Å². The molecule has 1 unspecified atom stereocenters. The summed E-state index contributed by atoms with van der Waals surface area (Å²) in [6.07, 6.45) is 0. The highest BCUT2D eigenvalue weighted by molar-refractivity contribution is 7.89. The van der Waals surface area contributed by atoms with Gasteiger partial charge in [0.25, 0.3) is 0 Å². The molecule has 5 nitrogen and oxygen atoms in total. The highest BCUT2D eigenvalue weighted by Gasteiger charge is 2.22. The van der Waals surface area contributed by atoms with Crippen molar-refractivity contribution in [3.63, 3.8) is 0 Å². The van der Waals surface area contributed by atoms with Crippen LogP contribution in [0.5, 0.6) is 0 Å². The van der Waals surface area contributed by atoms with Gasteiger partial charge in [0.2, 0.25) is 10.0 Å². The van der Waals surface area contributed by atoms with Gasteiger partial charge in [-0.1, -0.05) is 36.4 Å². The highest BCUT2D eigenvalue weighted by Crippen LogP contribution is 2.22. The van der Waals surface area contributed by atoms with Crippen LogP contribution in [-0.4, -0.2) is 20.1 Å². The van der Waals surface area contributed by atoms with Crippen LogP contribution in [0.4, 0.5) is 5.69 Å². The molecule has 2 aromatic carbocycles. The molecular weight excluding hydrogens is 288 g/mol. The maximum atomic E-state index is 12.5. The van der Waals surface area contributed by atoms with Crippen LogP contribution in [0.1, 0.15) is 17.2 Å². The second kappa shape index (κ2) is 6.26. The van der Waals surface area contributed by atoms with E-state index < -0.39 is 16.1 Å². The molecule has 0 bridgehead atoms. The molecule has 0 radical (unpaired) electrons. The first kappa shape index (κ1) is 15.5. The van der Waals surface area contributed by atoms with E-state index in [4.69, 9.17) is 5.73 Å². The van der Waals surface area contributed by atoms with E-state index in [2.05, 4.69) is 4.72 Å². The summed E-state index contributed by atoms with van der Waals surface area (Å²) in [6, 6.07) is 13.0. The van der Waals surface area contributed by atoms with Gasteiger partial charge >= 0.3 is 0 Å². The van der Waals surface area contributed by atoms with Crippen molar-refractivity contribution >= 4 is 15.7 Å². The summed E-state index contributed by atoms with van der Waals surface area (Å²) < 4.78 is 27.5. The van der Waals surface area contributed by atoms with Gasteiger partial charge in [-0.2, -0.15) is 0 Å². The van der Waals surface area contributed by atoms with Crippen molar-refractivity contribution in [2.45, 2.75) is 17.9 Å². The lowest BCUT2D eigenvalue weighted by Gasteiger charge is -2.18. The summed E-state index contributed by atoms with van der Waals surface area (Å²) in [4.78, 5) is 0.122. The Balaban J connectivity index is 2.34. The molecule has 0 fully saturated rings. The van der Waals surface area contributed by atoms with E-state index in [0.717, 1.165) is 0 Å². The summed E-state index contributed by atoms with van der Waals surface area (Å²) in [6.45, 7) is 1.32. The van der Waals surface area contributed by atoms with Crippen LogP contribution in [-0.2, 0) is 10.0 Å². The zero-order chi connectivity index (χ0) is 15.5. The van der Waals surface area contributed by atoms with Gasteiger partial charge in [-0.3, -0.25) is 0 Å². The number of nitrogen functional groups attached to an aromatic ring is 1. The van der Waals surface area contributed by atoms with Gasteiger partial charge in [0.15, 0.2) is 0 Å². The molecule has 0 saturated carbocycles. The third-order valence-corrected chi connectivity index (χ3v) is 4.91. The molecule has 0 amide bonds. The first-order chi connectivity index (χ1) is 9.95. The summed E-state index contributed by atoms with van der Waals surface area (Å²) in [5.41, 5.74) is 7.36. The largest absolute Gasteiger partial charge is 0.398 e. The number of benzene rings is 2. The number of hydrogen-bond acceptors (Lipinski definition) is 4. The zero-order valence-corrected chi connectivity index (χ0v) is 12.5. The molecule has 0 aromatic heterocycles. The average molecular weight is 306 g/mol. The zero-order valence-electron chi connectivity index (χ0n) is 11.7. The van der Waals surface area contributed by atoms with Gasteiger partial charge in [0.05, 0.1) is 17.5 Å². The monoisotopic (exact) mass is 306 g/mol. The maximum Gasteiger partial charge on any atom is 0.241 e. The first-order valence-electron chi connectivity index (χ1n) is 6.49. The van der Waals surface area contributed by atoms with Gasteiger partial charge in [-0.25, -0.2) is 13.1 Å². The molecule has 0 aliphatic rings. The Hall–Kier alpha value is -1.89. The molecule has 0 aliphatic heterocycles. The second-order valence-electron chi connectivity index (χ2n) is 4.74. The molecule has 2 aromatic rings. The fourth-order valence-electron chi connectivity index (χ4n) is 2.07. The predicted octanol–water partition coefficient (Wildman–Crippen LogP) is 1.59. The summed E-state index contributed by atoms with van der Waals surface area (Å²) >= 11 is 0. The Kier molecular flexibility index (Phi) is 4.62. The van der Waals surface area contributed by atoms with E-state index in [-0.39, 0.29) is 11.5 Å². The standard InChI is InChI=1S/C15H18N2O3S/c1-11-13(16)8-5-9-15(11)21(19,20)17-14(10-18)12-6-3-2-4-7-12/h2-9,14,17-18H,10,16H2,1H3. The molecule has 1 atom stereocenters. The number of hydrogen-bond donors (Lipinski definition) is 3. The fourth-order valence-corrected chi connectivity index (χ4v) is 3.56. The van der Waals surface area contributed by atoms with Crippen LogP contribution in [0.15, 0.2) is 53.4 Å². The third kappa shape index (κ3) is 3.41. The topological polar surface area (TPSA) is 92.4 Å². The number of sulfonamides is 1. The molecule has 0 spiro atoms. The summed E-state index contributed by atoms with van der Waals surface area (Å²) in [5, 5.41) is 9.46. The number of nitrogens with one attached hydrogen (secondary N) is 1. The lowest BCUT2D eigenvalue weighted by molar-refractivity contribution is 0.259. The van der Waals surface area contributed by atoms with E-state index in [1.807, 2.05) is 6.07 Å². The Labute approximate surface area is 124 Å². The Morgan fingerprint density at radius 2 is 1.81 bits per heavy atom. The van der Waals surface area contributed by atoms with Crippen molar-refractivity contribution in [3.05, 3.63) is 59.7 Å². The SMILES string of the molecule is Cc1c(N)cccc1S(=O)(=O)NC(CO)c1ccccc1. The number of aliphatic hydroxyl groups is 1. The molecule has 0 saturated heterocycles. The van der Waals surface area contributed by atoms with Gasteiger partial charge in [0.1, 0.15) is 0 Å². The Morgan fingerprint density at radius 1 is 1.14 bits per heavy atom. The van der Waals surface area contributed by atoms with Gasteiger partial charge in [0, 0.05) is 5.69 Å². The van der Waals surface area contributed by atoms with Crippen molar-refractivity contribution < 1.29 is 13.5 Å². The van der Waals surface area contributed by atoms with Crippen LogP contribution >= 0.6 is 0 Å². The highest BCUT2D eigenvalue weighted by atomic mass is 32.2. The minimum atomic E-state index is -3.76. The van der Waals surface area contributed by atoms with Crippen molar-refractivity contribution in [1.29, 1.82) is 0 Å². The summed E-state index contributed by atoms with van der Waals surface area (Å²) in [7, 11) is -3.76. The molecule has 2 rings (SSSR count). The molecular formula is C15H18N2O3S. The lowest BCUT2D eigenvalue weighted by atomic mass is 10.1. The third-order valence-electron chi connectivity index (χ3n) is 3.30. The first-order valence-corrected chi connectivity index (χ1v) is 7.97. The normalized spacial score (nSPS) is 13.0. The van der Waals surface area contributed by atoms with Crippen molar-refractivity contribution in [3.8, 4) is 0 Å². The minimum absolute atomic E-state index is 0.122. The van der Waals surface area contributed by atoms with Crippen LogP contribution in [0, 0.1) is 6.92 Å². The van der Waals surface area contributed by atoms with E-state index in [0.29, 0.717) is 16.8 Å². The number of nitrogens with two attached hydrogens (primary N) is 1. The van der Waals surface area contributed by atoms with Gasteiger partial charge in [-0.15, -0.1) is 0 Å². The van der Waals surface area contributed by atoms with Crippen LogP contribution in [0.25, 0.3) is 0 Å². The smallest absolute Gasteiger partial charge is 0.241 e. The van der Waals surface area contributed by atoms with E-state index in [1.165, 1.54) is 6.07 Å². The van der Waals surface area contributed by atoms with Crippen molar-refractivity contribution in [2.24, 2.45) is 0 Å². The van der Waals surface area contributed by atoms with Crippen molar-refractivity contribution in [1.82, 2.24) is 4.72 Å². The van der Waals surface area contributed by atoms with E-state index in [9.17, 15) is 13.5 Å². The molecule has 6 heteroatoms. The van der Waals surface area contributed by atoms with Gasteiger partial charge in [-0.05, 0) is 30.2 Å². The average Bonchev–Trinajstić information content (AvgIpc) is 2.48. The van der Waals surface area contributed by atoms with Crippen LogP contribution < -0.4 is 10.5 Å². The fraction of sp³-hybridized carbons (Fsp3) is 0.200. The number of anilines is 1. The molecule has 0 aliphatic carbocycles. The Morgan fingerprint density at radius 3 is 2.43 bits per heavy atom. The van der Waals surface area contributed by atoms with Crippen molar-refractivity contribution in [2.75, 3.05) is 12.3 Å². The van der Waals surface area contributed by atoms with Gasteiger partial charge < -0.3 is 10.8 Å². The number of aliphatic hydroxyl groups excluding tert-OH is 1. The predicted molar refractivity (Wildman–Crippen MR) is 82.2 cm³/mol.